The van der Waals surface area contributed by atoms with Crippen molar-refractivity contribution in [3.8, 4) is 0 Å². The molecule has 128 valence electrons. The molecule has 24 heavy (non-hydrogen) atoms. The monoisotopic (exact) mass is 346 g/mol. The Hall–Kier alpha value is -2.34. The van der Waals surface area contributed by atoms with Gasteiger partial charge >= 0.3 is 0 Å². The van der Waals surface area contributed by atoms with Gasteiger partial charge in [0.25, 0.3) is 5.91 Å². The van der Waals surface area contributed by atoms with E-state index in [1.54, 1.807) is 25.1 Å². The number of benzene rings is 2. The fraction of sp³-hybridized carbons (Fsp3) is 0.278. The minimum Gasteiger partial charge on any atom is -0.346 e. The molecule has 0 saturated heterocycles. The molecule has 5 nitrogen and oxygen atoms in total. The zero-order valence-electron chi connectivity index (χ0n) is 14.3. The lowest BCUT2D eigenvalue weighted by Gasteiger charge is -2.15. The predicted molar refractivity (Wildman–Crippen MR) is 96.7 cm³/mol. The van der Waals surface area contributed by atoms with E-state index in [-0.39, 0.29) is 11.9 Å². The van der Waals surface area contributed by atoms with Gasteiger partial charge in [0.1, 0.15) is 0 Å². The third kappa shape index (κ3) is 4.83. The highest BCUT2D eigenvalue weighted by Crippen LogP contribution is 2.19. The number of aryl methyl sites for hydroxylation is 2. The largest absolute Gasteiger partial charge is 0.346 e. The van der Waals surface area contributed by atoms with E-state index in [0.29, 0.717) is 16.8 Å². The topological polar surface area (TPSA) is 75.3 Å². The van der Waals surface area contributed by atoms with Crippen LogP contribution in [0.25, 0.3) is 0 Å². The van der Waals surface area contributed by atoms with Gasteiger partial charge in [-0.15, -0.1) is 0 Å². The van der Waals surface area contributed by atoms with Gasteiger partial charge in [-0.1, -0.05) is 29.8 Å². The van der Waals surface area contributed by atoms with Crippen LogP contribution in [-0.2, 0) is 10.0 Å². The van der Waals surface area contributed by atoms with Crippen LogP contribution >= 0.6 is 0 Å². The minimum absolute atomic E-state index is 0.118. The second-order valence-electron chi connectivity index (χ2n) is 6.01. The van der Waals surface area contributed by atoms with Crippen molar-refractivity contribution in [2.45, 2.75) is 26.8 Å². The van der Waals surface area contributed by atoms with Crippen molar-refractivity contribution in [3.63, 3.8) is 0 Å². The second kappa shape index (κ2) is 7.05. The van der Waals surface area contributed by atoms with Crippen LogP contribution in [0.3, 0.4) is 0 Å². The molecule has 1 atom stereocenters. The van der Waals surface area contributed by atoms with Crippen LogP contribution in [0.5, 0.6) is 0 Å². The number of rotatable bonds is 5. The van der Waals surface area contributed by atoms with E-state index < -0.39 is 10.0 Å². The maximum atomic E-state index is 12.4. The summed E-state index contributed by atoms with van der Waals surface area (Å²) < 4.78 is 25.0. The molecule has 0 unspecified atom stereocenters. The molecular formula is C18H22N2O3S. The van der Waals surface area contributed by atoms with Crippen LogP contribution in [0.15, 0.2) is 42.5 Å². The lowest BCUT2D eigenvalue weighted by Crippen LogP contribution is -2.26. The maximum absolute atomic E-state index is 12.4. The lowest BCUT2D eigenvalue weighted by atomic mass is 10.1. The number of nitrogens with one attached hydrogen (secondary N) is 2. The highest BCUT2D eigenvalue weighted by molar-refractivity contribution is 7.92. The molecule has 2 rings (SSSR count). The second-order valence-corrected chi connectivity index (χ2v) is 7.76. The Kier molecular flexibility index (Phi) is 5.29. The first kappa shape index (κ1) is 18.0. The molecule has 0 aliphatic heterocycles. The first-order valence-electron chi connectivity index (χ1n) is 7.61. The molecule has 2 aromatic carbocycles. The lowest BCUT2D eigenvalue weighted by molar-refractivity contribution is 0.0940. The fourth-order valence-corrected chi connectivity index (χ4v) is 2.97. The zero-order valence-corrected chi connectivity index (χ0v) is 15.1. The predicted octanol–water partition coefficient (Wildman–Crippen LogP) is 3.17. The van der Waals surface area contributed by atoms with Gasteiger partial charge in [0, 0.05) is 5.56 Å². The Balaban J connectivity index is 2.12. The summed E-state index contributed by atoms with van der Waals surface area (Å²) in [7, 11) is -3.34. The number of hydrogen-bond donors (Lipinski definition) is 2. The quantitative estimate of drug-likeness (QED) is 0.873. The molecule has 6 heteroatoms. The molecule has 1 amide bonds. The number of anilines is 1. The van der Waals surface area contributed by atoms with Crippen LogP contribution in [0.1, 0.15) is 40.0 Å². The van der Waals surface area contributed by atoms with Crippen molar-refractivity contribution in [3.05, 3.63) is 64.7 Å². The van der Waals surface area contributed by atoms with Gasteiger partial charge in [-0.05, 0) is 50.1 Å². The molecule has 0 bridgehead atoms. The van der Waals surface area contributed by atoms with Gasteiger partial charge in [-0.3, -0.25) is 9.52 Å². The SMILES string of the molecule is Cc1ccc([C@H](C)NC(=O)c2ccc(NS(C)(=O)=O)c(C)c2)cc1. The van der Waals surface area contributed by atoms with Crippen molar-refractivity contribution in [2.24, 2.45) is 0 Å². The Morgan fingerprint density at radius 3 is 2.21 bits per heavy atom. The van der Waals surface area contributed by atoms with Gasteiger partial charge in [-0.2, -0.15) is 0 Å². The number of amides is 1. The average molecular weight is 346 g/mol. The molecule has 0 radical (unpaired) electrons. The zero-order chi connectivity index (χ0) is 17.9. The van der Waals surface area contributed by atoms with Crippen LogP contribution in [0, 0.1) is 13.8 Å². The summed E-state index contributed by atoms with van der Waals surface area (Å²) in [4.78, 5) is 12.4. The summed E-state index contributed by atoms with van der Waals surface area (Å²) >= 11 is 0. The van der Waals surface area contributed by atoms with Crippen molar-refractivity contribution < 1.29 is 13.2 Å². The molecule has 0 spiro atoms. The van der Waals surface area contributed by atoms with Crippen molar-refractivity contribution in [2.75, 3.05) is 11.0 Å². The fourth-order valence-electron chi connectivity index (χ4n) is 2.34. The normalized spacial score (nSPS) is 12.5. The van der Waals surface area contributed by atoms with Crippen LogP contribution < -0.4 is 10.0 Å². The van der Waals surface area contributed by atoms with Crippen LogP contribution in [0.4, 0.5) is 5.69 Å². The van der Waals surface area contributed by atoms with Gasteiger partial charge in [0.15, 0.2) is 0 Å². The van der Waals surface area contributed by atoms with Gasteiger partial charge in [-0.25, -0.2) is 8.42 Å². The van der Waals surface area contributed by atoms with E-state index in [2.05, 4.69) is 10.0 Å². The highest BCUT2D eigenvalue weighted by Gasteiger charge is 2.13. The molecule has 0 heterocycles. The summed E-state index contributed by atoms with van der Waals surface area (Å²) in [6.45, 7) is 5.70. The Morgan fingerprint density at radius 1 is 1.04 bits per heavy atom. The molecule has 0 aliphatic rings. The number of sulfonamides is 1. The molecule has 2 N–H and O–H groups in total. The minimum atomic E-state index is -3.34. The highest BCUT2D eigenvalue weighted by atomic mass is 32.2. The number of hydrogen-bond acceptors (Lipinski definition) is 3. The van der Waals surface area contributed by atoms with Crippen LogP contribution in [0.2, 0.25) is 0 Å². The van der Waals surface area contributed by atoms with Crippen molar-refractivity contribution in [1.82, 2.24) is 5.32 Å². The molecule has 2 aromatic rings. The Bertz CT molecular complexity index is 843. The van der Waals surface area contributed by atoms with E-state index in [1.165, 1.54) is 5.56 Å². The maximum Gasteiger partial charge on any atom is 0.251 e. The molecule has 0 saturated carbocycles. The molecular weight excluding hydrogens is 324 g/mol. The van der Waals surface area contributed by atoms with E-state index in [4.69, 9.17) is 0 Å². The van der Waals surface area contributed by atoms with Crippen molar-refractivity contribution in [1.29, 1.82) is 0 Å². The third-order valence-electron chi connectivity index (χ3n) is 3.71. The number of carbonyl (C=O) groups excluding carboxylic acids is 1. The summed E-state index contributed by atoms with van der Waals surface area (Å²) in [5.41, 5.74) is 3.85. The summed E-state index contributed by atoms with van der Waals surface area (Å²) in [5.74, 6) is -0.197. The van der Waals surface area contributed by atoms with Crippen LogP contribution in [-0.4, -0.2) is 20.6 Å². The summed E-state index contributed by atoms with van der Waals surface area (Å²) in [5, 5.41) is 2.95. The number of carbonyl (C=O) groups is 1. The van der Waals surface area contributed by atoms with Gasteiger partial charge in [0.2, 0.25) is 10.0 Å². The molecule has 0 aromatic heterocycles. The van der Waals surface area contributed by atoms with Gasteiger partial charge < -0.3 is 5.32 Å². The third-order valence-corrected chi connectivity index (χ3v) is 4.30. The standard InChI is InChI=1S/C18H22N2O3S/c1-12-5-7-15(8-6-12)14(3)19-18(21)16-9-10-17(13(2)11-16)20-24(4,22)23/h5-11,14,20H,1-4H3,(H,19,21)/t14-/m0/s1. The summed E-state index contributed by atoms with van der Waals surface area (Å²) in [6, 6.07) is 12.8. The van der Waals surface area contributed by atoms with Crippen molar-refractivity contribution >= 4 is 21.6 Å². The summed E-state index contributed by atoms with van der Waals surface area (Å²) in [6.07, 6.45) is 1.09. The average Bonchev–Trinajstić information content (AvgIpc) is 2.48. The molecule has 0 aliphatic carbocycles. The molecule has 0 fully saturated rings. The van der Waals surface area contributed by atoms with Gasteiger partial charge in [0.05, 0.1) is 18.0 Å². The smallest absolute Gasteiger partial charge is 0.251 e. The Morgan fingerprint density at radius 2 is 1.67 bits per heavy atom. The van der Waals surface area contributed by atoms with E-state index in [9.17, 15) is 13.2 Å². The van der Waals surface area contributed by atoms with E-state index in [0.717, 1.165) is 11.8 Å². The first-order valence-corrected chi connectivity index (χ1v) is 9.51. The van der Waals surface area contributed by atoms with E-state index >= 15 is 0 Å². The Labute approximate surface area is 143 Å². The van der Waals surface area contributed by atoms with E-state index in [1.807, 2.05) is 38.1 Å². The first-order chi connectivity index (χ1) is 11.2.